The summed E-state index contributed by atoms with van der Waals surface area (Å²) >= 11 is 0. The lowest BCUT2D eigenvalue weighted by Gasteiger charge is -1.79. The van der Waals surface area contributed by atoms with Crippen LogP contribution in [0.5, 0.6) is 0 Å². The normalized spacial score (nSPS) is 14.2. The molecule has 1 aliphatic rings. The second-order valence-electron chi connectivity index (χ2n) is 2.41. The average Bonchev–Trinajstić information content (AvgIpc) is 2.50. The molecule has 0 heterocycles. The Morgan fingerprint density at radius 3 is 1.25 bits per heavy atom. The van der Waals surface area contributed by atoms with E-state index in [-0.39, 0.29) is 0 Å². The fourth-order valence-corrected chi connectivity index (χ4v) is 0.354. The van der Waals surface area contributed by atoms with Crippen molar-refractivity contribution in [3.8, 4) is 0 Å². The van der Waals surface area contributed by atoms with Crippen LogP contribution in [-0.4, -0.2) is 0 Å². The topological polar surface area (TPSA) is 0 Å². The highest BCUT2D eigenvalue weighted by Crippen LogP contribution is 2.14. The molecule has 1 fully saturated rings. The van der Waals surface area contributed by atoms with Crippen LogP contribution in [0.1, 0.15) is 52.4 Å². The van der Waals surface area contributed by atoms with Gasteiger partial charge in [-0.05, 0) is 0 Å². The van der Waals surface area contributed by atoms with Crippen molar-refractivity contribution < 1.29 is 0 Å². The summed E-state index contributed by atoms with van der Waals surface area (Å²) in [4.78, 5) is 0. The Hall–Kier alpha value is 0. The maximum absolute atomic E-state index is 2.21. The highest BCUT2D eigenvalue weighted by atomic mass is 14.0. The largest absolute Gasteiger partial charge is 0.0654 e. The monoisotopic (exact) mass is 114 g/mol. The zero-order valence-electron chi connectivity index (χ0n) is 6.24. The van der Waals surface area contributed by atoms with Crippen molar-refractivity contribution in [2.45, 2.75) is 52.4 Å². The highest BCUT2D eigenvalue weighted by molar-refractivity contribution is 4.50. The van der Waals surface area contributed by atoms with Crippen LogP contribution >= 0.6 is 0 Å². The molecule has 1 rings (SSSR count). The first-order valence-corrected chi connectivity index (χ1v) is 3.91. The second kappa shape index (κ2) is 7.00. The molecule has 0 aromatic rings. The molecule has 0 bridgehead atoms. The summed E-state index contributed by atoms with van der Waals surface area (Å²) in [5, 5.41) is 0. The van der Waals surface area contributed by atoms with E-state index in [1.165, 1.54) is 38.5 Å². The minimum Gasteiger partial charge on any atom is -0.0654 e. The summed E-state index contributed by atoms with van der Waals surface area (Å²) in [6.45, 7) is 4.42. The predicted molar refractivity (Wildman–Crippen MR) is 39.0 cm³/mol. The van der Waals surface area contributed by atoms with Crippen molar-refractivity contribution in [2.75, 3.05) is 0 Å². The quantitative estimate of drug-likeness (QED) is 0.516. The third-order valence-electron chi connectivity index (χ3n) is 1.06. The molecule has 0 amide bonds. The molecule has 8 heavy (non-hydrogen) atoms. The molecule has 0 aromatic heterocycles. The molecule has 0 radical (unpaired) electrons. The second-order valence-corrected chi connectivity index (χ2v) is 2.41. The van der Waals surface area contributed by atoms with Gasteiger partial charge in [0.2, 0.25) is 0 Å². The smallest absolute Gasteiger partial charge is 0.0533 e. The van der Waals surface area contributed by atoms with E-state index in [4.69, 9.17) is 0 Å². The van der Waals surface area contributed by atoms with Crippen LogP contribution in [0.3, 0.4) is 0 Å². The summed E-state index contributed by atoms with van der Waals surface area (Å²) < 4.78 is 0. The molecule has 0 aromatic carbocycles. The van der Waals surface area contributed by atoms with Crippen molar-refractivity contribution >= 4 is 0 Å². The van der Waals surface area contributed by atoms with E-state index in [1.54, 1.807) is 0 Å². The van der Waals surface area contributed by atoms with E-state index in [2.05, 4.69) is 13.8 Å². The maximum Gasteiger partial charge on any atom is -0.0533 e. The minimum atomic E-state index is 1.34. The summed E-state index contributed by atoms with van der Waals surface area (Å²) in [6, 6.07) is 0. The van der Waals surface area contributed by atoms with Crippen LogP contribution in [0, 0.1) is 0 Å². The SMILES string of the molecule is C1CC1.CCCCC. The van der Waals surface area contributed by atoms with E-state index in [1.807, 2.05) is 0 Å². The highest BCUT2D eigenvalue weighted by Gasteiger charge is 1.95. The van der Waals surface area contributed by atoms with Crippen LogP contribution in [0.25, 0.3) is 0 Å². The van der Waals surface area contributed by atoms with Crippen molar-refractivity contribution in [3.63, 3.8) is 0 Å². The molecular weight excluding hydrogens is 96.1 g/mol. The summed E-state index contributed by atoms with van der Waals surface area (Å²) in [5.74, 6) is 0. The molecule has 1 aliphatic carbocycles. The van der Waals surface area contributed by atoms with Gasteiger partial charge in [0.1, 0.15) is 0 Å². The summed E-state index contributed by atoms with van der Waals surface area (Å²) in [6.07, 6.45) is 8.58. The van der Waals surface area contributed by atoms with Crippen LogP contribution in [0.15, 0.2) is 0 Å². The Morgan fingerprint density at radius 2 is 1.25 bits per heavy atom. The van der Waals surface area contributed by atoms with Gasteiger partial charge in [-0.3, -0.25) is 0 Å². The third-order valence-corrected chi connectivity index (χ3v) is 1.06. The Morgan fingerprint density at radius 1 is 0.875 bits per heavy atom. The Labute approximate surface area is 53.3 Å². The lowest BCUT2D eigenvalue weighted by Crippen LogP contribution is -1.59. The summed E-state index contributed by atoms with van der Waals surface area (Å²) in [5.41, 5.74) is 0. The molecular formula is C8H18. The fourth-order valence-electron chi connectivity index (χ4n) is 0.354. The molecule has 1 saturated carbocycles. The first-order valence-electron chi connectivity index (χ1n) is 3.91. The first-order chi connectivity index (χ1) is 3.91. The number of hydrogen-bond acceptors (Lipinski definition) is 0. The minimum absolute atomic E-state index is 1.34. The number of unbranched alkanes of at least 4 members (excludes halogenated alkanes) is 2. The van der Waals surface area contributed by atoms with Gasteiger partial charge >= 0.3 is 0 Å². The van der Waals surface area contributed by atoms with Gasteiger partial charge in [0.05, 0.1) is 0 Å². The maximum atomic E-state index is 2.21. The van der Waals surface area contributed by atoms with Crippen molar-refractivity contribution in [3.05, 3.63) is 0 Å². The molecule has 0 unspecified atom stereocenters. The zero-order valence-corrected chi connectivity index (χ0v) is 6.24. The van der Waals surface area contributed by atoms with Crippen molar-refractivity contribution in [1.82, 2.24) is 0 Å². The predicted octanol–water partition coefficient (Wildman–Crippen LogP) is 3.37. The molecule has 0 saturated heterocycles. The summed E-state index contributed by atoms with van der Waals surface area (Å²) in [7, 11) is 0. The van der Waals surface area contributed by atoms with Gasteiger partial charge in [0.25, 0.3) is 0 Å². The fraction of sp³-hybridized carbons (Fsp3) is 1.00. The van der Waals surface area contributed by atoms with E-state index in [9.17, 15) is 0 Å². The lowest BCUT2D eigenvalue weighted by atomic mass is 10.3. The van der Waals surface area contributed by atoms with E-state index >= 15 is 0 Å². The number of hydrogen-bond donors (Lipinski definition) is 0. The lowest BCUT2D eigenvalue weighted by molar-refractivity contribution is 0.772. The average molecular weight is 114 g/mol. The molecule has 0 N–H and O–H groups in total. The van der Waals surface area contributed by atoms with E-state index in [0.717, 1.165) is 0 Å². The number of rotatable bonds is 2. The Balaban J connectivity index is 0.000000135. The van der Waals surface area contributed by atoms with Crippen LogP contribution in [0.2, 0.25) is 0 Å². The molecule has 0 nitrogen and oxygen atoms in total. The zero-order chi connectivity index (χ0) is 6.24. The van der Waals surface area contributed by atoms with Gasteiger partial charge in [0, 0.05) is 0 Å². The van der Waals surface area contributed by atoms with Crippen LogP contribution in [0.4, 0.5) is 0 Å². The van der Waals surface area contributed by atoms with Gasteiger partial charge in [-0.2, -0.15) is 0 Å². The first kappa shape index (κ1) is 8.00. The Bertz CT molecular complexity index is 24.3. The van der Waals surface area contributed by atoms with Crippen LogP contribution < -0.4 is 0 Å². The molecule has 0 atom stereocenters. The van der Waals surface area contributed by atoms with E-state index in [0.29, 0.717) is 0 Å². The van der Waals surface area contributed by atoms with Crippen LogP contribution in [-0.2, 0) is 0 Å². The van der Waals surface area contributed by atoms with Gasteiger partial charge in [-0.15, -0.1) is 0 Å². The van der Waals surface area contributed by atoms with Gasteiger partial charge < -0.3 is 0 Å². The van der Waals surface area contributed by atoms with Crippen molar-refractivity contribution in [2.24, 2.45) is 0 Å². The van der Waals surface area contributed by atoms with Gasteiger partial charge in [-0.1, -0.05) is 52.4 Å². The van der Waals surface area contributed by atoms with E-state index < -0.39 is 0 Å². The molecule has 0 heteroatoms. The van der Waals surface area contributed by atoms with Gasteiger partial charge in [0.15, 0.2) is 0 Å². The molecule has 50 valence electrons. The molecule has 0 aliphatic heterocycles. The van der Waals surface area contributed by atoms with Gasteiger partial charge in [-0.25, -0.2) is 0 Å². The standard InChI is InChI=1S/C5H12.C3H6/c1-3-5-4-2;1-2-3-1/h3-5H2,1-2H3;1-3H2. The Kier molecular flexibility index (Phi) is 7.00. The molecule has 0 spiro atoms. The third kappa shape index (κ3) is 16.7. The van der Waals surface area contributed by atoms with Crippen molar-refractivity contribution in [1.29, 1.82) is 0 Å².